The third-order valence-corrected chi connectivity index (χ3v) is 4.94. The van der Waals surface area contributed by atoms with Crippen LogP contribution in [0.1, 0.15) is 35.8 Å². The summed E-state index contributed by atoms with van der Waals surface area (Å²) in [5, 5.41) is 9.55. The van der Waals surface area contributed by atoms with Crippen molar-refractivity contribution in [2.75, 3.05) is 14.2 Å². The Bertz CT molecular complexity index is 680. The topological polar surface area (TPSA) is 49.2 Å². The van der Waals surface area contributed by atoms with Gasteiger partial charge in [0, 0.05) is 11.8 Å². The maximum absolute atomic E-state index is 5.39. The average Bonchev–Trinajstić information content (AvgIpc) is 3.29. The predicted octanol–water partition coefficient (Wildman–Crippen LogP) is 3.54. The molecule has 1 saturated carbocycles. The molecule has 1 aliphatic rings. The van der Waals surface area contributed by atoms with Gasteiger partial charge in [0.1, 0.15) is 5.82 Å². The fraction of sp³-hybridized carbons (Fsp3) is 0.500. The number of hydrogen-bond donors (Lipinski definition) is 0. The molecule has 118 valence electrons. The standard InChI is InChI=1S/C16H21N3O2S/c1-10-7-14(20-3)15(21-4)8-12(10)9-22-16-18-17-11(2)19(16)13-5-6-13/h7-8,13H,5-6,9H2,1-4H3. The quantitative estimate of drug-likeness (QED) is 0.762. The molecule has 0 unspecified atom stereocenters. The molecule has 0 amide bonds. The summed E-state index contributed by atoms with van der Waals surface area (Å²) in [6, 6.07) is 4.67. The highest BCUT2D eigenvalue weighted by Gasteiger charge is 2.28. The normalized spacial score (nSPS) is 14.2. The van der Waals surface area contributed by atoms with E-state index in [0.717, 1.165) is 28.2 Å². The van der Waals surface area contributed by atoms with Crippen LogP contribution in [-0.4, -0.2) is 29.0 Å². The van der Waals surface area contributed by atoms with Crippen molar-refractivity contribution in [1.82, 2.24) is 14.8 Å². The summed E-state index contributed by atoms with van der Waals surface area (Å²) in [5.74, 6) is 3.39. The van der Waals surface area contributed by atoms with Crippen LogP contribution in [0.2, 0.25) is 0 Å². The first-order valence-electron chi connectivity index (χ1n) is 7.39. The molecule has 1 aromatic heterocycles. The molecule has 2 aromatic rings. The Balaban J connectivity index is 1.79. The van der Waals surface area contributed by atoms with Crippen molar-refractivity contribution < 1.29 is 9.47 Å². The minimum Gasteiger partial charge on any atom is -0.493 e. The number of thioether (sulfide) groups is 1. The van der Waals surface area contributed by atoms with Crippen molar-refractivity contribution in [3.05, 3.63) is 29.1 Å². The van der Waals surface area contributed by atoms with Crippen LogP contribution >= 0.6 is 11.8 Å². The second kappa shape index (κ2) is 6.20. The van der Waals surface area contributed by atoms with Crippen molar-refractivity contribution in [3.63, 3.8) is 0 Å². The lowest BCUT2D eigenvalue weighted by Gasteiger charge is -2.13. The zero-order valence-electron chi connectivity index (χ0n) is 13.4. The van der Waals surface area contributed by atoms with E-state index in [2.05, 4.69) is 21.7 Å². The summed E-state index contributed by atoms with van der Waals surface area (Å²) in [5.41, 5.74) is 2.42. The molecule has 0 atom stereocenters. The maximum Gasteiger partial charge on any atom is 0.191 e. The van der Waals surface area contributed by atoms with E-state index in [-0.39, 0.29) is 0 Å². The van der Waals surface area contributed by atoms with Gasteiger partial charge in [-0.3, -0.25) is 0 Å². The van der Waals surface area contributed by atoms with Crippen LogP contribution in [0.25, 0.3) is 0 Å². The molecule has 1 aliphatic carbocycles. The lowest BCUT2D eigenvalue weighted by atomic mass is 10.1. The number of ether oxygens (including phenoxy) is 2. The van der Waals surface area contributed by atoms with Crippen molar-refractivity contribution in [2.24, 2.45) is 0 Å². The molecule has 0 saturated heterocycles. The van der Waals surface area contributed by atoms with Gasteiger partial charge in [0.15, 0.2) is 16.7 Å². The van der Waals surface area contributed by atoms with Crippen LogP contribution in [0.4, 0.5) is 0 Å². The first kappa shape index (κ1) is 15.2. The molecular weight excluding hydrogens is 298 g/mol. The predicted molar refractivity (Wildman–Crippen MR) is 86.9 cm³/mol. The lowest BCUT2D eigenvalue weighted by Crippen LogP contribution is -2.00. The highest BCUT2D eigenvalue weighted by molar-refractivity contribution is 7.98. The molecule has 3 rings (SSSR count). The number of nitrogens with zero attached hydrogens (tertiary/aromatic N) is 3. The molecule has 22 heavy (non-hydrogen) atoms. The van der Waals surface area contributed by atoms with Crippen LogP contribution in [0, 0.1) is 13.8 Å². The van der Waals surface area contributed by atoms with Crippen LogP contribution in [-0.2, 0) is 5.75 Å². The van der Waals surface area contributed by atoms with Gasteiger partial charge in [-0.25, -0.2) is 0 Å². The van der Waals surface area contributed by atoms with Gasteiger partial charge in [0.2, 0.25) is 0 Å². The van der Waals surface area contributed by atoms with Gasteiger partial charge in [0.05, 0.1) is 14.2 Å². The SMILES string of the molecule is COc1cc(C)c(CSc2nnc(C)n2C2CC2)cc1OC. The lowest BCUT2D eigenvalue weighted by molar-refractivity contribution is 0.354. The van der Waals surface area contributed by atoms with Crippen LogP contribution in [0.15, 0.2) is 17.3 Å². The summed E-state index contributed by atoms with van der Waals surface area (Å²) < 4.78 is 13.0. The van der Waals surface area contributed by atoms with Crippen LogP contribution in [0.3, 0.4) is 0 Å². The first-order chi connectivity index (χ1) is 10.6. The Morgan fingerprint density at radius 3 is 2.45 bits per heavy atom. The number of aryl methyl sites for hydroxylation is 2. The molecular formula is C16H21N3O2S. The fourth-order valence-electron chi connectivity index (χ4n) is 2.52. The Morgan fingerprint density at radius 1 is 1.14 bits per heavy atom. The highest BCUT2D eigenvalue weighted by Crippen LogP contribution is 2.39. The zero-order chi connectivity index (χ0) is 15.7. The van der Waals surface area contributed by atoms with Crippen LogP contribution < -0.4 is 9.47 Å². The number of aromatic nitrogens is 3. The minimum atomic E-state index is 0.601. The van der Waals surface area contributed by atoms with Gasteiger partial charge in [-0.2, -0.15) is 0 Å². The summed E-state index contributed by atoms with van der Waals surface area (Å²) in [7, 11) is 3.32. The fourth-order valence-corrected chi connectivity index (χ4v) is 3.64. The molecule has 1 aromatic carbocycles. The van der Waals surface area contributed by atoms with Gasteiger partial charge in [0.25, 0.3) is 0 Å². The molecule has 1 fully saturated rings. The third-order valence-electron chi connectivity index (χ3n) is 3.95. The summed E-state index contributed by atoms with van der Waals surface area (Å²) in [6.45, 7) is 4.12. The van der Waals surface area contributed by atoms with E-state index < -0.39 is 0 Å². The highest BCUT2D eigenvalue weighted by atomic mass is 32.2. The molecule has 5 nitrogen and oxygen atoms in total. The maximum atomic E-state index is 5.39. The van der Waals surface area contributed by atoms with E-state index in [1.54, 1.807) is 26.0 Å². The first-order valence-corrected chi connectivity index (χ1v) is 8.38. The zero-order valence-corrected chi connectivity index (χ0v) is 14.2. The Labute approximate surface area is 135 Å². The largest absolute Gasteiger partial charge is 0.493 e. The van der Waals surface area contributed by atoms with Crippen molar-refractivity contribution in [1.29, 1.82) is 0 Å². The average molecular weight is 319 g/mol. The molecule has 1 heterocycles. The van der Waals surface area contributed by atoms with E-state index in [1.165, 1.54) is 24.0 Å². The van der Waals surface area contributed by atoms with Gasteiger partial charge in [-0.05, 0) is 49.9 Å². The van der Waals surface area contributed by atoms with E-state index in [0.29, 0.717) is 6.04 Å². The summed E-state index contributed by atoms with van der Waals surface area (Å²) in [6.07, 6.45) is 2.48. The van der Waals surface area contributed by atoms with E-state index in [9.17, 15) is 0 Å². The van der Waals surface area contributed by atoms with Crippen molar-refractivity contribution in [3.8, 4) is 11.5 Å². The number of rotatable bonds is 6. The number of benzene rings is 1. The van der Waals surface area contributed by atoms with E-state index in [4.69, 9.17) is 9.47 Å². The van der Waals surface area contributed by atoms with Gasteiger partial charge in [-0.15, -0.1) is 10.2 Å². The van der Waals surface area contributed by atoms with Gasteiger partial charge >= 0.3 is 0 Å². The minimum absolute atomic E-state index is 0.601. The molecule has 0 spiro atoms. The molecule has 0 bridgehead atoms. The van der Waals surface area contributed by atoms with Crippen molar-refractivity contribution in [2.45, 2.75) is 43.6 Å². The van der Waals surface area contributed by atoms with Crippen LogP contribution in [0.5, 0.6) is 11.5 Å². The Morgan fingerprint density at radius 2 is 1.82 bits per heavy atom. The summed E-state index contributed by atoms with van der Waals surface area (Å²) in [4.78, 5) is 0. The second-order valence-electron chi connectivity index (χ2n) is 5.55. The smallest absolute Gasteiger partial charge is 0.191 e. The Hall–Kier alpha value is -1.69. The van der Waals surface area contributed by atoms with Gasteiger partial charge < -0.3 is 14.0 Å². The summed E-state index contributed by atoms with van der Waals surface area (Å²) >= 11 is 1.73. The molecule has 0 N–H and O–H groups in total. The number of hydrogen-bond acceptors (Lipinski definition) is 5. The molecule has 0 radical (unpaired) electrons. The van der Waals surface area contributed by atoms with Crippen molar-refractivity contribution >= 4 is 11.8 Å². The third kappa shape index (κ3) is 2.92. The van der Waals surface area contributed by atoms with Gasteiger partial charge in [-0.1, -0.05) is 11.8 Å². The number of methoxy groups -OCH3 is 2. The van der Waals surface area contributed by atoms with E-state index in [1.807, 2.05) is 19.1 Å². The Kier molecular flexibility index (Phi) is 4.29. The second-order valence-corrected chi connectivity index (χ2v) is 6.50. The molecule has 0 aliphatic heterocycles. The monoisotopic (exact) mass is 319 g/mol. The van der Waals surface area contributed by atoms with E-state index >= 15 is 0 Å². The molecule has 6 heteroatoms.